The van der Waals surface area contributed by atoms with Crippen molar-refractivity contribution in [2.75, 3.05) is 33.0 Å². The molecule has 7 heteroatoms. The van der Waals surface area contributed by atoms with Crippen molar-refractivity contribution in [2.24, 2.45) is 0 Å². The zero-order chi connectivity index (χ0) is 15.9. The predicted molar refractivity (Wildman–Crippen MR) is 75.0 cm³/mol. The van der Waals surface area contributed by atoms with Gasteiger partial charge in [0, 0.05) is 26.4 Å². The van der Waals surface area contributed by atoms with Gasteiger partial charge in [-0.05, 0) is 32.6 Å². The molecule has 21 heavy (non-hydrogen) atoms. The van der Waals surface area contributed by atoms with Crippen molar-refractivity contribution >= 4 is 11.9 Å². The first kappa shape index (κ1) is 19.8. The van der Waals surface area contributed by atoms with E-state index in [1.807, 2.05) is 6.92 Å². The first-order chi connectivity index (χ1) is 10.1. The number of esters is 1. The summed E-state index contributed by atoms with van der Waals surface area (Å²) in [6.07, 6.45) is 1.06. The maximum atomic E-state index is 11.2. The molecule has 0 saturated heterocycles. The van der Waals surface area contributed by atoms with E-state index >= 15 is 0 Å². The van der Waals surface area contributed by atoms with E-state index in [4.69, 9.17) is 24.4 Å². The number of unbranched alkanes of at least 4 members (excludes halogenated alkanes) is 2. The van der Waals surface area contributed by atoms with Crippen molar-refractivity contribution in [1.29, 1.82) is 0 Å². The van der Waals surface area contributed by atoms with Gasteiger partial charge in [0.1, 0.15) is 0 Å². The van der Waals surface area contributed by atoms with E-state index in [-0.39, 0.29) is 6.61 Å². The number of aliphatic hydroxyl groups is 1. The second-order valence-electron chi connectivity index (χ2n) is 4.50. The number of rotatable bonds is 14. The quantitative estimate of drug-likeness (QED) is 0.364. The molecule has 0 aliphatic rings. The minimum Gasteiger partial charge on any atom is -0.481 e. The molecule has 0 bridgehead atoms. The summed E-state index contributed by atoms with van der Waals surface area (Å²) in [6, 6.07) is 0. The molecule has 0 spiro atoms. The molecule has 0 radical (unpaired) electrons. The highest BCUT2D eigenvalue weighted by molar-refractivity contribution is 5.80. The monoisotopic (exact) mass is 306 g/mol. The molecule has 0 fully saturated rings. The number of carboxylic acids is 1. The van der Waals surface area contributed by atoms with Crippen LogP contribution in [0.2, 0.25) is 0 Å². The van der Waals surface area contributed by atoms with Gasteiger partial charge in [0.15, 0.2) is 6.10 Å². The average Bonchev–Trinajstić information content (AvgIpc) is 2.43. The topological polar surface area (TPSA) is 102 Å². The number of aliphatic carboxylic acids is 1. The van der Waals surface area contributed by atoms with E-state index in [2.05, 4.69) is 0 Å². The van der Waals surface area contributed by atoms with Crippen molar-refractivity contribution in [3.63, 3.8) is 0 Å². The lowest BCUT2D eigenvalue weighted by atomic mass is 10.2. The number of carboxylic acid groups (broad SMARTS) is 1. The smallest absolute Gasteiger partial charge is 0.335 e. The van der Waals surface area contributed by atoms with Crippen LogP contribution in [0.25, 0.3) is 0 Å². The van der Waals surface area contributed by atoms with Crippen LogP contribution in [0.4, 0.5) is 0 Å². The van der Waals surface area contributed by atoms with Crippen molar-refractivity contribution < 1.29 is 34.0 Å². The molecule has 0 aliphatic carbocycles. The third-order valence-electron chi connectivity index (χ3n) is 2.60. The molecule has 0 saturated carbocycles. The third-order valence-corrected chi connectivity index (χ3v) is 2.60. The Kier molecular flexibility index (Phi) is 13.0. The van der Waals surface area contributed by atoms with Crippen molar-refractivity contribution in [3.05, 3.63) is 0 Å². The van der Waals surface area contributed by atoms with Gasteiger partial charge in [0.05, 0.1) is 13.0 Å². The second kappa shape index (κ2) is 13.8. The molecule has 0 aromatic heterocycles. The fourth-order valence-corrected chi connectivity index (χ4v) is 1.48. The Bertz CT molecular complexity index is 280. The van der Waals surface area contributed by atoms with Crippen LogP contribution in [0.15, 0.2) is 0 Å². The highest BCUT2D eigenvalue weighted by atomic mass is 16.5. The third kappa shape index (κ3) is 13.6. The van der Waals surface area contributed by atoms with Gasteiger partial charge in [0.2, 0.25) is 0 Å². The average molecular weight is 306 g/mol. The van der Waals surface area contributed by atoms with Gasteiger partial charge in [-0.25, -0.2) is 4.79 Å². The van der Waals surface area contributed by atoms with Crippen LogP contribution in [-0.4, -0.2) is 61.3 Å². The summed E-state index contributed by atoms with van der Waals surface area (Å²) >= 11 is 0. The van der Waals surface area contributed by atoms with Crippen LogP contribution >= 0.6 is 0 Å². The molecular weight excluding hydrogens is 280 g/mol. The largest absolute Gasteiger partial charge is 0.481 e. The first-order valence-corrected chi connectivity index (χ1v) is 7.30. The van der Waals surface area contributed by atoms with Gasteiger partial charge in [-0.1, -0.05) is 0 Å². The molecule has 0 rings (SSSR count). The van der Waals surface area contributed by atoms with Crippen LogP contribution in [0, 0.1) is 0 Å². The van der Waals surface area contributed by atoms with Gasteiger partial charge in [-0.2, -0.15) is 0 Å². The Morgan fingerprint density at radius 1 is 0.952 bits per heavy atom. The van der Waals surface area contributed by atoms with Crippen LogP contribution in [0.5, 0.6) is 0 Å². The summed E-state index contributed by atoms with van der Waals surface area (Å²) < 4.78 is 15.3. The van der Waals surface area contributed by atoms with Gasteiger partial charge in [-0.3, -0.25) is 4.79 Å². The Hall–Kier alpha value is -1.18. The summed E-state index contributed by atoms with van der Waals surface area (Å²) in [4.78, 5) is 21.4. The zero-order valence-corrected chi connectivity index (χ0v) is 12.6. The van der Waals surface area contributed by atoms with Crippen LogP contribution in [0.3, 0.4) is 0 Å². The lowest BCUT2D eigenvalue weighted by Gasteiger charge is -2.08. The minimum atomic E-state index is -1.59. The second-order valence-corrected chi connectivity index (χ2v) is 4.50. The van der Waals surface area contributed by atoms with Crippen molar-refractivity contribution in [2.45, 2.75) is 45.1 Å². The van der Waals surface area contributed by atoms with Gasteiger partial charge < -0.3 is 24.4 Å². The normalized spacial score (nSPS) is 12.1. The zero-order valence-electron chi connectivity index (χ0n) is 12.6. The van der Waals surface area contributed by atoms with E-state index in [1.165, 1.54) is 0 Å². The van der Waals surface area contributed by atoms with Crippen molar-refractivity contribution in [3.8, 4) is 0 Å². The molecule has 0 aliphatic heterocycles. The summed E-state index contributed by atoms with van der Waals surface area (Å²) in [5.41, 5.74) is 0. The molecule has 1 atom stereocenters. The highest BCUT2D eigenvalue weighted by Gasteiger charge is 2.19. The van der Waals surface area contributed by atoms with E-state index in [0.717, 1.165) is 32.5 Å². The van der Waals surface area contributed by atoms with Crippen LogP contribution in [-0.2, 0) is 23.8 Å². The maximum Gasteiger partial charge on any atom is 0.335 e. The Balaban J connectivity index is 3.28. The highest BCUT2D eigenvalue weighted by Crippen LogP contribution is 1.99. The molecule has 2 N–H and O–H groups in total. The number of carbonyl (C=O) groups is 2. The summed E-state index contributed by atoms with van der Waals surface area (Å²) in [6.45, 7) is 4.89. The van der Waals surface area contributed by atoms with E-state index in [9.17, 15) is 9.59 Å². The summed E-state index contributed by atoms with van der Waals surface area (Å²) in [7, 11) is 0. The van der Waals surface area contributed by atoms with E-state index in [1.54, 1.807) is 0 Å². The van der Waals surface area contributed by atoms with Gasteiger partial charge in [0.25, 0.3) is 0 Å². The number of hydrogen-bond acceptors (Lipinski definition) is 6. The lowest BCUT2D eigenvalue weighted by Crippen LogP contribution is -2.26. The molecule has 124 valence electrons. The predicted octanol–water partition coefficient (Wildman–Crippen LogP) is 0.979. The number of aliphatic hydroxyl groups excluding tert-OH is 1. The molecule has 1 unspecified atom stereocenters. The first-order valence-electron chi connectivity index (χ1n) is 7.30. The number of hydrogen-bond donors (Lipinski definition) is 2. The molecular formula is C14H26O7. The molecule has 0 aromatic rings. The Morgan fingerprint density at radius 3 is 2.00 bits per heavy atom. The van der Waals surface area contributed by atoms with Gasteiger partial charge in [-0.15, -0.1) is 0 Å². The Labute approximate surface area is 125 Å². The fourth-order valence-electron chi connectivity index (χ4n) is 1.48. The molecule has 0 heterocycles. The lowest BCUT2D eigenvalue weighted by molar-refractivity contribution is -0.158. The Morgan fingerprint density at radius 2 is 1.48 bits per heavy atom. The fraction of sp³-hybridized carbons (Fsp3) is 0.857. The van der Waals surface area contributed by atoms with E-state index < -0.39 is 24.5 Å². The number of carbonyl (C=O) groups excluding carboxylic acids is 1. The molecule has 7 nitrogen and oxygen atoms in total. The van der Waals surface area contributed by atoms with Crippen LogP contribution < -0.4 is 0 Å². The standard InChI is InChI=1S/C14H26O7/c1-2-19-7-3-4-8-20-9-5-6-10-21-14(18)12(15)11-13(16)17/h12,15H,2-11H2,1H3,(H,16,17). The van der Waals surface area contributed by atoms with Crippen LogP contribution in [0.1, 0.15) is 39.0 Å². The summed E-state index contributed by atoms with van der Waals surface area (Å²) in [5, 5.41) is 17.6. The number of ether oxygens (including phenoxy) is 3. The van der Waals surface area contributed by atoms with Gasteiger partial charge >= 0.3 is 11.9 Å². The summed E-state index contributed by atoms with van der Waals surface area (Å²) in [5.74, 6) is -2.13. The maximum absolute atomic E-state index is 11.2. The molecule has 0 aromatic carbocycles. The van der Waals surface area contributed by atoms with E-state index in [0.29, 0.717) is 19.6 Å². The molecule has 0 amide bonds. The minimum absolute atomic E-state index is 0.156. The SMILES string of the molecule is CCOCCCCOCCCCOC(=O)C(O)CC(=O)O. The van der Waals surface area contributed by atoms with Crippen molar-refractivity contribution in [1.82, 2.24) is 0 Å².